The Kier molecular flexibility index (Phi) is 5.59. The van der Waals surface area contributed by atoms with Crippen LogP contribution in [0.15, 0.2) is 60.7 Å². The number of hydrogen-bond acceptors (Lipinski definition) is 3. The van der Waals surface area contributed by atoms with Gasteiger partial charge in [0.05, 0.1) is 0 Å². The molecule has 0 saturated heterocycles. The predicted molar refractivity (Wildman–Crippen MR) is 95.2 cm³/mol. The number of rotatable bonds is 7. The second-order valence-electron chi connectivity index (χ2n) is 6.29. The molecule has 2 N–H and O–H groups in total. The van der Waals surface area contributed by atoms with E-state index in [0.717, 1.165) is 0 Å². The van der Waals surface area contributed by atoms with Crippen LogP contribution in [0.2, 0.25) is 0 Å². The van der Waals surface area contributed by atoms with Crippen LogP contribution in [0, 0.1) is 0 Å². The van der Waals surface area contributed by atoms with Crippen LogP contribution in [-0.4, -0.2) is 30.6 Å². The van der Waals surface area contributed by atoms with Crippen molar-refractivity contribution in [2.24, 2.45) is 0 Å². The van der Waals surface area contributed by atoms with Crippen molar-refractivity contribution in [2.75, 3.05) is 13.7 Å². The number of amides is 1. The fourth-order valence-electron chi connectivity index (χ4n) is 2.63. The summed E-state index contributed by atoms with van der Waals surface area (Å²) in [6.07, 6.45) is 0. The van der Waals surface area contributed by atoms with E-state index in [1.165, 1.54) is 7.11 Å². The number of hydrogen-bond donors (Lipinski definition) is 2. The van der Waals surface area contributed by atoms with Gasteiger partial charge in [-0.1, -0.05) is 60.7 Å². The maximum atomic E-state index is 12.8. The molecule has 0 radical (unpaired) electrons. The van der Waals surface area contributed by atoms with Crippen LogP contribution in [-0.2, 0) is 25.3 Å². The maximum absolute atomic E-state index is 12.8. The van der Waals surface area contributed by atoms with Gasteiger partial charge in [0.1, 0.15) is 5.41 Å². The van der Waals surface area contributed by atoms with E-state index in [4.69, 9.17) is 4.74 Å². The standard InChI is InChI=1S/C20H23NO4/c1-19(18(23)24,15-10-6-4-7-11-15)14-21-17(22)20(2,25-3)16-12-8-5-9-13-16/h4-13H,14H2,1-3H3,(H,21,22)(H,23,24). The molecular formula is C20H23NO4. The molecule has 0 spiro atoms. The largest absolute Gasteiger partial charge is 0.481 e. The van der Waals surface area contributed by atoms with Crippen LogP contribution in [0.5, 0.6) is 0 Å². The fourth-order valence-corrected chi connectivity index (χ4v) is 2.63. The summed E-state index contributed by atoms with van der Waals surface area (Å²) in [4.78, 5) is 24.6. The molecule has 0 aliphatic heterocycles. The Morgan fingerprint density at radius 3 is 1.88 bits per heavy atom. The van der Waals surface area contributed by atoms with Crippen molar-refractivity contribution >= 4 is 11.9 Å². The van der Waals surface area contributed by atoms with Crippen LogP contribution in [0.1, 0.15) is 25.0 Å². The number of carbonyl (C=O) groups is 2. The molecule has 5 nitrogen and oxygen atoms in total. The monoisotopic (exact) mass is 341 g/mol. The zero-order valence-electron chi connectivity index (χ0n) is 14.7. The van der Waals surface area contributed by atoms with E-state index in [1.54, 1.807) is 50.2 Å². The first kappa shape index (κ1) is 18.7. The minimum absolute atomic E-state index is 0.0447. The number of aliphatic carboxylic acids is 1. The van der Waals surface area contributed by atoms with Crippen LogP contribution in [0.4, 0.5) is 0 Å². The van der Waals surface area contributed by atoms with E-state index in [9.17, 15) is 14.7 Å². The number of ether oxygens (including phenoxy) is 1. The lowest BCUT2D eigenvalue weighted by Crippen LogP contribution is -2.50. The minimum atomic E-state index is -1.23. The van der Waals surface area contributed by atoms with E-state index in [-0.39, 0.29) is 12.5 Å². The van der Waals surface area contributed by atoms with Crippen LogP contribution in [0.25, 0.3) is 0 Å². The SMILES string of the molecule is COC(C)(C(=O)NCC(C)(C(=O)O)c1ccccc1)c1ccccc1. The van der Waals surface area contributed by atoms with Crippen LogP contribution in [0.3, 0.4) is 0 Å². The molecule has 25 heavy (non-hydrogen) atoms. The van der Waals surface area contributed by atoms with Gasteiger partial charge in [0.15, 0.2) is 5.60 Å². The van der Waals surface area contributed by atoms with Crippen molar-refractivity contribution in [1.82, 2.24) is 5.32 Å². The number of benzene rings is 2. The molecule has 2 rings (SSSR count). The molecule has 2 atom stereocenters. The summed E-state index contributed by atoms with van der Waals surface area (Å²) in [5.74, 6) is -1.39. The summed E-state index contributed by atoms with van der Waals surface area (Å²) >= 11 is 0. The van der Waals surface area contributed by atoms with Gasteiger partial charge in [-0.25, -0.2) is 0 Å². The molecule has 0 aliphatic carbocycles. The average Bonchev–Trinajstić information content (AvgIpc) is 2.66. The van der Waals surface area contributed by atoms with Gasteiger partial charge in [0, 0.05) is 13.7 Å². The lowest BCUT2D eigenvalue weighted by atomic mass is 9.82. The first-order valence-electron chi connectivity index (χ1n) is 8.02. The number of nitrogens with one attached hydrogen (secondary N) is 1. The highest BCUT2D eigenvalue weighted by atomic mass is 16.5. The fraction of sp³-hybridized carbons (Fsp3) is 0.300. The molecular weight excluding hydrogens is 318 g/mol. The molecule has 2 aromatic carbocycles. The van der Waals surface area contributed by atoms with E-state index < -0.39 is 17.0 Å². The van der Waals surface area contributed by atoms with Crippen molar-refractivity contribution in [1.29, 1.82) is 0 Å². The summed E-state index contributed by atoms with van der Waals surface area (Å²) < 4.78 is 5.46. The minimum Gasteiger partial charge on any atom is -0.481 e. The van der Waals surface area contributed by atoms with Crippen molar-refractivity contribution in [3.8, 4) is 0 Å². The Morgan fingerprint density at radius 2 is 1.44 bits per heavy atom. The lowest BCUT2D eigenvalue weighted by Gasteiger charge is -2.31. The molecule has 2 aromatic rings. The Bertz CT molecular complexity index is 732. The zero-order valence-corrected chi connectivity index (χ0v) is 14.7. The Labute approximate surface area is 147 Å². The highest BCUT2D eigenvalue weighted by molar-refractivity contribution is 5.88. The van der Waals surface area contributed by atoms with Gasteiger partial charge in [-0.2, -0.15) is 0 Å². The van der Waals surface area contributed by atoms with Crippen molar-refractivity contribution in [3.63, 3.8) is 0 Å². The molecule has 5 heteroatoms. The van der Waals surface area contributed by atoms with E-state index in [1.807, 2.05) is 24.3 Å². The molecule has 0 aliphatic rings. The molecule has 0 fully saturated rings. The van der Waals surface area contributed by atoms with Crippen molar-refractivity contribution in [2.45, 2.75) is 24.9 Å². The highest BCUT2D eigenvalue weighted by Crippen LogP contribution is 2.27. The molecule has 2 unspecified atom stereocenters. The summed E-state index contributed by atoms with van der Waals surface area (Å²) in [6, 6.07) is 18.0. The average molecular weight is 341 g/mol. The van der Waals surface area contributed by atoms with E-state index in [2.05, 4.69) is 5.32 Å². The topological polar surface area (TPSA) is 75.6 Å². The number of carboxylic acids is 1. The number of methoxy groups -OCH3 is 1. The third-order valence-corrected chi connectivity index (χ3v) is 4.65. The molecule has 132 valence electrons. The molecule has 0 heterocycles. The van der Waals surface area contributed by atoms with Gasteiger partial charge in [0.25, 0.3) is 5.91 Å². The Morgan fingerprint density at radius 1 is 0.960 bits per heavy atom. The first-order chi connectivity index (χ1) is 11.8. The third-order valence-electron chi connectivity index (χ3n) is 4.65. The van der Waals surface area contributed by atoms with Gasteiger partial charge in [-0.05, 0) is 25.0 Å². The molecule has 0 saturated carbocycles. The smallest absolute Gasteiger partial charge is 0.315 e. The second kappa shape index (κ2) is 7.49. The quantitative estimate of drug-likeness (QED) is 0.812. The summed E-state index contributed by atoms with van der Waals surface area (Å²) in [5, 5.41) is 12.4. The van der Waals surface area contributed by atoms with E-state index >= 15 is 0 Å². The number of carboxylic acid groups (broad SMARTS) is 1. The first-order valence-corrected chi connectivity index (χ1v) is 8.02. The normalized spacial score (nSPS) is 15.6. The molecule has 0 aromatic heterocycles. The molecule has 0 bridgehead atoms. The Hall–Kier alpha value is -2.66. The Balaban J connectivity index is 2.23. The van der Waals surface area contributed by atoms with Crippen molar-refractivity contribution < 1.29 is 19.4 Å². The van der Waals surface area contributed by atoms with Crippen LogP contribution >= 0.6 is 0 Å². The van der Waals surface area contributed by atoms with Gasteiger partial charge in [-0.3, -0.25) is 9.59 Å². The van der Waals surface area contributed by atoms with Gasteiger partial charge < -0.3 is 15.2 Å². The lowest BCUT2D eigenvalue weighted by molar-refractivity contribution is -0.145. The summed E-state index contributed by atoms with van der Waals surface area (Å²) in [7, 11) is 1.46. The third kappa shape index (κ3) is 3.72. The van der Waals surface area contributed by atoms with E-state index in [0.29, 0.717) is 11.1 Å². The highest BCUT2D eigenvalue weighted by Gasteiger charge is 2.39. The second-order valence-corrected chi connectivity index (χ2v) is 6.29. The molecule has 1 amide bonds. The van der Waals surface area contributed by atoms with Gasteiger partial charge >= 0.3 is 5.97 Å². The summed E-state index contributed by atoms with van der Waals surface area (Å²) in [6.45, 7) is 3.22. The van der Waals surface area contributed by atoms with Gasteiger partial charge in [-0.15, -0.1) is 0 Å². The van der Waals surface area contributed by atoms with Crippen molar-refractivity contribution in [3.05, 3.63) is 71.8 Å². The summed E-state index contributed by atoms with van der Waals surface area (Å²) in [5.41, 5.74) is -1.10. The number of carbonyl (C=O) groups excluding carboxylic acids is 1. The van der Waals surface area contributed by atoms with Gasteiger partial charge in [0.2, 0.25) is 0 Å². The predicted octanol–water partition coefficient (Wildman–Crippen LogP) is 2.71. The maximum Gasteiger partial charge on any atom is 0.315 e. The van der Waals surface area contributed by atoms with Crippen LogP contribution < -0.4 is 5.32 Å². The zero-order chi connectivity index (χ0) is 18.5.